The van der Waals surface area contributed by atoms with E-state index in [-0.39, 0.29) is 36.5 Å². The lowest BCUT2D eigenvalue weighted by Crippen LogP contribution is -2.46. The highest BCUT2D eigenvalue weighted by Crippen LogP contribution is 2.20. The fraction of sp³-hybridized carbons (Fsp3) is 0.385. The van der Waals surface area contributed by atoms with Crippen molar-refractivity contribution in [3.05, 3.63) is 24.3 Å². The molecule has 0 fully saturated rings. The molecule has 0 bridgehead atoms. The number of halogens is 1. The Hall–Kier alpha value is -1.79. The fourth-order valence-electron chi connectivity index (χ4n) is 1.36. The molecule has 0 heterocycles. The summed E-state index contributed by atoms with van der Waals surface area (Å²) in [4.78, 5) is 23.1. The van der Waals surface area contributed by atoms with Crippen LogP contribution < -0.4 is 16.4 Å². The molecule has 0 spiro atoms. The van der Waals surface area contributed by atoms with Crippen LogP contribution in [0.5, 0.6) is 5.75 Å². The third-order valence-corrected chi connectivity index (χ3v) is 2.62. The summed E-state index contributed by atoms with van der Waals surface area (Å²) in [6.45, 7) is 3.46. The molecule has 1 rings (SSSR count). The standard InChI is InChI=1S/C13H19N3O3.ClH/c1-8(2)12(14)13(19)15-7-11(18)16-9-5-3-4-6-10(9)17;/h3-6,8,12,17H,7,14H2,1-2H3,(H,15,19)(H,16,18);1H/t12-;/m0./s1. The van der Waals surface area contributed by atoms with Crippen molar-refractivity contribution in [2.24, 2.45) is 11.7 Å². The van der Waals surface area contributed by atoms with Crippen molar-refractivity contribution in [1.29, 1.82) is 0 Å². The van der Waals surface area contributed by atoms with Gasteiger partial charge in [0.05, 0.1) is 18.3 Å². The summed E-state index contributed by atoms with van der Waals surface area (Å²) in [5.41, 5.74) is 5.94. The molecule has 20 heavy (non-hydrogen) atoms. The Morgan fingerprint density at radius 1 is 1.30 bits per heavy atom. The summed E-state index contributed by atoms with van der Waals surface area (Å²) in [5, 5.41) is 14.4. The highest BCUT2D eigenvalue weighted by molar-refractivity contribution is 5.96. The largest absolute Gasteiger partial charge is 0.506 e. The molecular weight excluding hydrogens is 282 g/mol. The fourth-order valence-corrected chi connectivity index (χ4v) is 1.36. The molecule has 5 N–H and O–H groups in total. The second-order valence-electron chi connectivity index (χ2n) is 4.55. The SMILES string of the molecule is CC(C)[C@H](N)C(=O)NCC(=O)Nc1ccccc1O.Cl. The van der Waals surface area contributed by atoms with Gasteiger partial charge in [-0.3, -0.25) is 9.59 Å². The smallest absolute Gasteiger partial charge is 0.243 e. The Labute approximate surface area is 124 Å². The summed E-state index contributed by atoms with van der Waals surface area (Å²) in [5.74, 6) is -0.824. The van der Waals surface area contributed by atoms with Crippen molar-refractivity contribution < 1.29 is 14.7 Å². The minimum Gasteiger partial charge on any atom is -0.506 e. The lowest BCUT2D eigenvalue weighted by Gasteiger charge is -2.15. The summed E-state index contributed by atoms with van der Waals surface area (Å²) >= 11 is 0. The predicted molar refractivity (Wildman–Crippen MR) is 79.8 cm³/mol. The normalized spacial score (nSPS) is 11.4. The summed E-state index contributed by atoms with van der Waals surface area (Å²) in [6.07, 6.45) is 0. The maximum atomic E-state index is 11.6. The van der Waals surface area contributed by atoms with Crippen molar-refractivity contribution in [3.63, 3.8) is 0 Å². The quantitative estimate of drug-likeness (QED) is 0.605. The van der Waals surface area contributed by atoms with E-state index < -0.39 is 11.9 Å². The average Bonchev–Trinajstić information content (AvgIpc) is 2.37. The second kappa shape index (κ2) is 8.39. The molecule has 2 amide bonds. The Bertz CT molecular complexity index is 466. The van der Waals surface area contributed by atoms with Crippen LogP contribution >= 0.6 is 12.4 Å². The minimum atomic E-state index is -0.641. The maximum absolute atomic E-state index is 11.6. The summed E-state index contributed by atoms with van der Waals surface area (Å²) < 4.78 is 0. The van der Waals surface area contributed by atoms with E-state index in [1.165, 1.54) is 6.07 Å². The third kappa shape index (κ3) is 5.46. The first kappa shape index (κ1) is 18.2. The van der Waals surface area contributed by atoms with Gasteiger partial charge in [0, 0.05) is 0 Å². The zero-order chi connectivity index (χ0) is 14.4. The molecule has 1 aromatic rings. The van der Waals surface area contributed by atoms with Crippen molar-refractivity contribution >= 4 is 29.9 Å². The molecule has 112 valence electrons. The van der Waals surface area contributed by atoms with Gasteiger partial charge in [-0.2, -0.15) is 0 Å². The van der Waals surface area contributed by atoms with Crippen molar-refractivity contribution in [2.45, 2.75) is 19.9 Å². The number of carbonyl (C=O) groups is 2. The number of hydrogen-bond donors (Lipinski definition) is 4. The van der Waals surface area contributed by atoms with E-state index in [2.05, 4.69) is 10.6 Å². The number of nitrogens with two attached hydrogens (primary N) is 1. The van der Waals surface area contributed by atoms with E-state index in [1.807, 2.05) is 13.8 Å². The molecule has 0 saturated heterocycles. The molecule has 0 aromatic heterocycles. The highest BCUT2D eigenvalue weighted by atomic mass is 35.5. The van der Waals surface area contributed by atoms with Crippen LogP contribution in [0.4, 0.5) is 5.69 Å². The zero-order valence-corrected chi connectivity index (χ0v) is 12.2. The van der Waals surface area contributed by atoms with Gasteiger partial charge < -0.3 is 21.5 Å². The molecule has 0 aliphatic carbocycles. The number of phenols is 1. The van der Waals surface area contributed by atoms with Gasteiger partial charge in [-0.25, -0.2) is 0 Å². The van der Waals surface area contributed by atoms with Crippen molar-refractivity contribution in [2.75, 3.05) is 11.9 Å². The number of amides is 2. The Morgan fingerprint density at radius 2 is 1.90 bits per heavy atom. The maximum Gasteiger partial charge on any atom is 0.243 e. The van der Waals surface area contributed by atoms with Gasteiger partial charge in [0.1, 0.15) is 5.75 Å². The predicted octanol–water partition coefficient (Wildman–Crippen LogP) is 0.852. The monoisotopic (exact) mass is 301 g/mol. The Morgan fingerprint density at radius 3 is 2.45 bits per heavy atom. The van der Waals surface area contributed by atoms with Crippen LogP contribution in [0, 0.1) is 5.92 Å². The lowest BCUT2D eigenvalue weighted by atomic mass is 10.1. The first-order valence-electron chi connectivity index (χ1n) is 6.03. The number of anilines is 1. The molecule has 7 heteroatoms. The van der Waals surface area contributed by atoms with Crippen LogP contribution in [0.25, 0.3) is 0 Å². The summed E-state index contributed by atoms with van der Waals surface area (Å²) in [7, 11) is 0. The van der Waals surface area contributed by atoms with Gasteiger partial charge in [0.15, 0.2) is 0 Å². The minimum absolute atomic E-state index is 0. The molecule has 0 aliphatic rings. The van der Waals surface area contributed by atoms with Gasteiger partial charge in [-0.15, -0.1) is 12.4 Å². The molecule has 1 aromatic carbocycles. The average molecular weight is 302 g/mol. The summed E-state index contributed by atoms with van der Waals surface area (Å²) in [6, 6.07) is 5.72. The van der Waals surface area contributed by atoms with Crippen molar-refractivity contribution in [3.8, 4) is 5.75 Å². The second-order valence-corrected chi connectivity index (χ2v) is 4.55. The first-order chi connectivity index (χ1) is 8.91. The van der Waals surface area contributed by atoms with E-state index in [1.54, 1.807) is 18.2 Å². The Kier molecular flexibility index (Phi) is 7.64. The molecule has 0 radical (unpaired) electrons. The molecule has 0 unspecified atom stereocenters. The van der Waals surface area contributed by atoms with Crippen LogP contribution in [-0.2, 0) is 9.59 Å². The molecule has 0 aliphatic heterocycles. The zero-order valence-electron chi connectivity index (χ0n) is 11.4. The van der Waals surface area contributed by atoms with Crippen LogP contribution in [0.2, 0.25) is 0 Å². The number of phenolic OH excluding ortho intramolecular Hbond substituents is 1. The van der Waals surface area contributed by atoms with Crippen LogP contribution in [-0.4, -0.2) is 29.5 Å². The van der Waals surface area contributed by atoms with Gasteiger partial charge in [-0.1, -0.05) is 26.0 Å². The topological polar surface area (TPSA) is 104 Å². The van der Waals surface area contributed by atoms with E-state index in [9.17, 15) is 14.7 Å². The van der Waals surface area contributed by atoms with E-state index >= 15 is 0 Å². The highest BCUT2D eigenvalue weighted by Gasteiger charge is 2.17. The Balaban J connectivity index is 0.00000361. The molecule has 1 atom stereocenters. The molecular formula is C13H20ClN3O3. The first-order valence-corrected chi connectivity index (χ1v) is 6.03. The lowest BCUT2D eigenvalue weighted by molar-refractivity contribution is -0.125. The van der Waals surface area contributed by atoms with Gasteiger partial charge >= 0.3 is 0 Å². The third-order valence-electron chi connectivity index (χ3n) is 2.62. The van der Waals surface area contributed by atoms with Gasteiger partial charge in [0.25, 0.3) is 0 Å². The number of rotatable bonds is 5. The van der Waals surface area contributed by atoms with Gasteiger partial charge in [0.2, 0.25) is 11.8 Å². The number of aromatic hydroxyl groups is 1. The number of benzene rings is 1. The molecule has 6 nitrogen and oxygen atoms in total. The molecule has 0 saturated carbocycles. The van der Waals surface area contributed by atoms with Crippen LogP contribution in [0.3, 0.4) is 0 Å². The number of hydrogen-bond acceptors (Lipinski definition) is 4. The van der Waals surface area contributed by atoms with Crippen LogP contribution in [0.15, 0.2) is 24.3 Å². The van der Waals surface area contributed by atoms with Gasteiger partial charge in [-0.05, 0) is 18.1 Å². The van der Waals surface area contributed by atoms with E-state index in [4.69, 9.17) is 5.73 Å². The van der Waals surface area contributed by atoms with E-state index in [0.29, 0.717) is 5.69 Å². The van der Waals surface area contributed by atoms with Crippen LogP contribution in [0.1, 0.15) is 13.8 Å². The number of carbonyl (C=O) groups excluding carboxylic acids is 2. The van der Waals surface area contributed by atoms with Crippen molar-refractivity contribution in [1.82, 2.24) is 5.32 Å². The number of nitrogens with one attached hydrogen (secondary N) is 2. The van der Waals surface area contributed by atoms with E-state index in [0.717, 1.165) is 0 Å². The number of para-hydroxylation sites is 2.